The Labute approximate surface area is 84.5 Å². The molecule has 1 aliphatic rings. The molecule has 0 aliphatic heterocycles. The number of amides is 1. The van der Waals surface area contributed by atoms with Gasteiger partial charge in [0.2, 0.25) is 0 Å². The molecule has 4 nitrogen and oxygen atoms in total. The maximum Gasteiger partial charge on any atom is 0.408 e. The van der Waals surface area contributed by atoms with Gasteiger partial charge < -0.3 is 15.8 Å². The first-order valence-corrected chi connectivity index (χ1v) is 4.80. The van der Waals surface area contributed by atoms with Gasteiger partial charge in [0.1, 0.15) is 5.60 Å². The van der Waals surface area contributed by atoms with E-state index in [1.165, 1.54) is 0 Å². The maximum absolute atomic E-state index is 11.3. The fourth-order valence-electron chi connectivity index (χ4n) is 1.29. The van der Waals surface area contributed by atoms with Crippen LogP contribution in [0.1, 0.15) is 27.2 Å². The maximum atomic E-state index is 11.3. The Morgan fingerprint density at radius 3 is 2.57 bits per heavy atom. The topological polar surface area (TPSA) is 64.3 Å². The van der Waals surface area contributed by atoms with Crippen LogP contribution in [0.3, 0.4) is 0 Å². The molecule has 1 rings (SSSR count). The van der Waals surface area contributed by atoms with Crippen LogP contribution in [-0.4, -0.2) is 23.8 Å². The van der Waals surface area contributed by atoms with E-state index in [9.17, 15) is 4.79 Å². The number of hydrogen-bond acceptors (Lipinski definition) is 3. The lowest BCUT2D eigenvalue weighted by Crippen LogP contribution is -2.38. The number of alkyl carbamates (subject to hydrolysis) is 1. The minimum absolute atomic E-state index is 0.0137. The van der Waals surface area contributed by atoms with Gasteiger partial charge in [0, 0.05) is 6.04 Å². The first-order chi connectivity index (χ1) is 6.37. The highest BCUT2D eigenvalue weighted by Gasteiger charge is 2.21. The van der Waals surface area contributed by atoms with Gasteiger partial charge in [-0.05, 0) is 27.2 Å². The first kappa shape index (κ1) is 11.0. The molecule has 0 heterocycles. The van der Waals surface area contributed by atoms with E-state index in [2.05, 4.69) is 5.32 Å². The van der Waals surface area contributed by atoms with E-state index in [0.29, 0.717) is 0 Å². The minimum atomic E-state index is -0.450. The van der Waals surface area contributed by atoms with Gasteiger partial charge >= 0.3 is 6.09 Å². The second-order valence-electron chi connectivity index (χ2n) is 4.54. The van der Waals surface area contributed by atoms with Crippen LogP contribution >= 0.6 is 0 Å². The lowest BCUT2D eigenvalue weighted by Gasteiger charge is -2.21. The molecule has 1 aliphatic carbocycles. The van der Waals surface area contributed by atoms with Crippen LogP contribution in [-0.2, 0) is 4.74 Å². The number of rotatable bonds is 1. The molecule has 0 spiro atoms. The summed E-state index contributed by atoms with van der Waals surface area (Å²) in [4.78, 5) is 11.3. The molecule has 1 amide bonds. The third-order valence-electron chi connectivity index (χ3n) is 1.82. The summed E-state index contributed by atoms with van der Waals surface area (Å²) in [7, 11) is 0. The average molecular weight is 198 g/mol. The lowest BCUT2D eigenvalue weighted by atomic mass is 10.2. The van der Waals surface area contributed by atoms with Gasteiger partial charge in [-0.1, -0.05) is 12.2 Å². The summed E-state index contributed by atoms with van der Waals surface area (Å²) in [6.45, 7) is 5.51. The molecule has 0 aromatic carbocycles. The highest BCUT2D eigenvalue weighted by atomic mass is 16.6. The standard InChI is InChI=1S/C10H18N2O2/c1-10(2,3)14-9(13)12-8-5-4-7(11)6-8/h4-5,7-8H,6,11H2,1-3H3,(H,12,13)/t7-,8+/m1/s1. The van der Waals surface area contributed by atoms with E-state index in [-0.39, 0.29) is 18.2 Å². The Morgan fingerprint density at radius 1 is 1.50 bits per heavy atom. The zero-order valence-electron chi connectivity index (χ0n) is 8.91. The molecule has 3 N–H and O–H groups in total. The third kappa shape index (κ3) is 3.79. The summed E-state index contributed by atoms with van der Waals surface area (Å²) in [5, 5.41) is 2.74. The van der Waals surface area contributed by atoms with Crippen molar-refractivity contribution >= 4 is 6.09 Å². The SMILES string of the molecule is CC(C)(C)OC(=O)N[C@H]1C=C[C@@H](N)C1. The van der Waals surface area contributed by atoms with Crippen molar-refractivity contribution in [2.45, 2.75) is 44.9 Å². The van der Waals surface area contributed by atoms with Crippen LogP contribution in [0.5, 0.6) is 0 Å². The quantitative estimate of drug-likeness (QED) is 0.621. The van der Waals surface area contributed by atoms with E-state index >= 15 is 0 Å². The summed E-state index contributed by atoms with van der Waals surface area (Å²) in [6, 6.07) is 0.0646. The molecule has 0 bridgehead atoms. The van der Waals surface area contributed by atoms with Crippen LogP contribution < -0.4 is 11.1 Å². The van der Waals surface area contributed by atoms with E-state index in [1.54, 1.807) is 0 Å². The molecule has 14 heavy (non-hydrogen) atoms. The third-order valence-corrected chi connectivity index (χ3v) is 1.82. The van der Waals surface area contributed by atoms with E-state index in [1.807, 2.05) is 32.9 Å². The molecule has 0 unspecified atom stereocenters. The van der Waals surface area contributed by atoms with Gasteiger partial charge in [-0.15, -0.1) is 0 Å². The second kappa shape index (κ2) is 4.00. The smallest absolute Gasteiger partial charge is 0.408 e. The molecule has 0 fully saturated rings. The molecular formula is C10H18N2O2. The van der Waals surface area contributed by atoms with Gasteiger partial charge in [0.05, 0.1) is 6.04 Å². The molecule has 0 saturated heterocycles. The van der Waals surface area contributed by atoms with Gasteiger partial charge in [-0.2, -0.15) is 0 Å². The zero-order chi connectivity index (χ0) is 10.8. The molecule has 0 aromatic rings. The predicted octanol–water partition coefficient (Wildman–Crippen LogP) is 1.17. The number of nitrogens with one attached hydrogen (secondary N) is 1. The summed E-state index contributed by atoms with van der Waals surface area (Å²) in [5.41, 5.74) is 5.20. The van der Waals surface area contributed by atoms with Gasteiger partial charge in [0.15, 0.2) is 0 Å². The molecule has 0 saturated carbocycles. The van der Waals surface area contributed by atoms with Crippen LogP contribution in [0.4, 0.5) is 4.79 Å². The summed E-state index contributed by atoms with van der Waals surface area (Å²) in [6.07, 6.45) is 4.15. The highest BCUT2D eigenvalue weighted by molar-refractivity contribution is 5.68. The van der Waals surface area contributed by atoms with Crippen molar-refractivity contribution in [2.24, 2.45) is 5.73 Å². The van der Waals surface area contributed by atoms with Crippen LogP contribution in [0.25, 0.3) is 0 Å². The molecule has 0 radical (unpaired) electrons. The fraction of sp³-hybridized carbons (Fsp3) is 0.700. The largest absolute Gasteiger partial charge is 0.444 e. The van der Waals surface area contributed by atoms with Gasteiger partial charge in [-0.3, -0.25) is 0 Å². The van der Waals surface area contributed by atoms with Crippen LogP contribution in [0.15, 0.2) is 12.2 Å². The number of hydrogen-bond donors (Lipinski definition) is 2. The Kier molecular flexibility index (Phi) is 3.16. The Bertz CT molecular complexity index is 243. The van der Waals surface area contributed by atoms with Crippen LogP contribution in [0.2, 0.25) is 0 Å². The molecule has 0 aromatic heterocycles. The van der Waals surface area contributed by atoms with Crippen molar-refractivity contribution in [2.75, 3.05) is 0 Å². The molecule has 80 valence electrons. The van der Waals surface area contributed by atoms with Crippen molar-refractivity contribution in [3.05, 3.63) is 12.2 Å². The number of nitrogens with two attached hydrogens (primary N) is 1. The zero-order valence-corrected chi connectivity index (χ0v) is 8.91. The highest BCUT2D eigenvalue weighted by Crippen LogP contribution is 2.11. The second-order valence-corrected chi connectivity index (χ2v) is 4.54. The summed E-state index contributed by atoms with van der Waals surface area (Å²) < 4.78 is 5.11. The van der Waals surface area contributed by atoms with Crippen molar-refractivity contribution in [1.82, 2.24) is 5.32 Å². The minimum Gasteiger partial charge on any atom is -0.444 e. The van der Waals surface area contributed by atoms with Crippen molar-refractivity contribution in [1.29, 1.82) is 0 Å². The fourth-order valence-corrected chi connectivity index (χ4v) is 1.29. The Morgan fingerprint density at radius 2 is 2.14 bits per heavy atom. The average Bonchev–Trinajstić information content (AvgIpc) is 2.30. The van der Waals surface area contributed by atoms with E-state index in [0.717, 1.165) is 6.42 Å². The van der Waals surface area contributed by atoms with E-state index in [4.69, 9.17) is 10.5 Å². The molecule has 2 atom stereocenters. The number of carbonyl (C=O) groups excluding carboxylic acids is 1. The number of ether oxygens (including phenoxy) is 1. The number of carbonyl (C=O) groups is 1. The Balaban J connectivity index is 2.32. The molecular weight excluding hydrogens is 180 g/mol. The van der Waals surface area contributed by atoms with Crippen molar-refractivity contribution < 1.29 is 9.53 Å². The van der Waals surface area contributed by atoms with Crippen molar-refractivity contribution in [3.63, 3.8) is 0 Å². The molecule has 4 heteroatoms. The monoisotopic (exact) mass is 198 g/mol. The summed E-state index contributed by atoms with van der Waals surface area (Å²) in [5.74, 6) is 0. The van der Waals surface area contributed by atoms with Crippen molar-refractivity contribution in [3.8, 4) is 0 Å². The predicted molar refractivity (Wildman–Crippen MR) is 54.9 cm³/mol. The summed E-state index contributed by atoms with van der Waals surface area (Å²) >= 11 is 0. The van der Waals surface area contributed by atoms with E-state index < -0.39 is 5.60 Å². The first-order valence-electron chi connectivity index (χ1n) is 4.80. The Hall–Kier alpha value is -1.03. The lowest BCUT2D eigenvalue weighted by molar-refractivity contribution is 0.0514. The van der Waals surface area contributed by atoms with Gasteiger partial charge in [0.25, 0.3) is 0 Å². The van der Waals surface area contributed by atoms with Gasteiger partial charge in [-0.25, -0.2) is 4.79 Å². The normalized spacial score (nSPS) is 26.3. The van der Waals surface area contributed by atoms with Crippen LogP contribution in [0, 0.1) is 0 Å².